The molecule has 1 aromatic heterocycles. The van der Waals surface area contributed by atoms with Gasteiger partial charge in [-0.2, -0.15) is 0 Å². The minimum Gasteiger partial charge on any atom is -0.493 e. The van der Waals surface area contributed by atoms with E-state index in [9.17, 15) is 9.90 Å². The smallest absolute Gasteiger partial charge is 0.333 e. The Bertz CT molecular complexity index is 496. The fourth-order valence-electron chi connectivity index (χ4n) is 1.23. The van der Waals surface area contributed by atoms with Crippen molar-refractivity contribution in [2.24, 2.45) is 0 Å². The molecule has 1 aromatic carbocycles. The first-order valence-corrected chi connectivity index (χ1v) is 4.04. The molecule has 14 heavy (non-hydrogen) atoms. The number of nitrogens with one attached hydrogen (secondary N) is 1. The summed E-state index contributed by atoms with van der Waals surface area (Å²) in [5.74, 6) is -0.125. The number of imidazole rings is 1. The van der Waals surface area contributed by atoms with Gasteiger partial charge in [-0.05, 0) is 24.3 Å². The number of benzene rings is 1. The molecule has 2 rings (SSSR count). The van der Waals surface area contributed by atoms with Gasteiger partial charge >= 0.3 is 5.69 Å². The van der Waals surface area contributed by atoms with E-state index in [4.69, 9.17) is 5.73 Å². The van der Waals surface area contributed by atoms with E-state index in [0.717, 1.165) is 4.57 Å². The fraction of sp³-hybridized carbons (Fsp3) is 0. The first-order chi connectivity index (χ1) is 6.68. The van der Waals surface area contributed by atoms with Crippen molar-refractivity contribution in [1.82, 2.24) is 9.55 Å². The molecule has 0 unspecified atom stereocenters. The maximum atomic E-state index is 11.2. The van der Waals surface area contributed by atoms with Crippen LogP contribution >= 0.6 is 0 Å². The van der Waals surface area contributed by atoms with Crippen LogP contribution in [0.25, 0.3) is 5.69 Å². The summed E-state index contributed by atoms with van der Waals surface area (Å²) in [6.07, 6.45) is 1.23. The Morgan fingerprint density at radius 2 is 1.93 bits per heavy atom. The standard InChI is InChI=1S/C9H9N3O2/c10-6-1-3-7(4-2-6)12-8(13)5-11-9(12)14/h1-5,13H,10H2,(H,11,14). The van der Waals surface area contributed by atoms with Crippen LogP contribution in [0.3, 0.4) is 0 Å². The molecule has 0 amide bonds. The van der Waals surface area contributed by atoms with Gasteiger partial charge in [-0.25, -0.2) is 9.36 Å². The van der Waals surface area contributed by atoms with Gasteiger partial charge < -0.3 is 15.8 Å². The third kappa shape index (κ3) is 1.24. The van der Waals surface area contributed by atoms with E-state index in [1.807, 2.05) is 0 Å². The lowest BCUT2D eigenvalue weighted by Gasteiger charge is -2.02. The lowest BCUT2D eigenvalue weighted by Crippen LogP contribution is -2.14. The fourth-order valence-corrected chi connectivity index (χ4v) is 1.23. The molecule has 0 bridgehead atoms. The monoisotopic (exact) mass is 191 g/mol. The van der Waals surface area contributed by atoms with E-state index >= 15 is 0 Å². The van der Waals surface area contributed by atoms with Crippen LogP contribution in [-0.2, 0) is 0 Å². The first-order valence-electron chi connectivity index (χ1n) is 4.04. The van der Waals surface area contributed by atoms with Crippen molar-refractivity contribution in [2.75, 3.05) is 5.73 Å². The van der Waals surface area contributed by atoms with Gasteiger partial charge in [0.15, 0.2) is 0 Å². The van der Waals surface area contributed by atoms with Crippen LogP contribution in [0.4, 0.5) is 5.69 Å². The Balaban J connectivity index is 2.60. The quantitative estimate of drug-likeness (QED) is 0.572. The summed E-state index contributed by atoms with van der Waals surface area (Å²) in [4.78, 5) is 13.6. The number of nitrogen functional groups attached to an aromatic ring is 1. The van der Waals surface area contributed by atoms with E-state index in [1.54, 1.807) is 24.3 Å². The van der Waals surface area contributed by atoms with Crippen molar-refractivity contribution in [3.63, 3.8) is 0 Å². The SMILES string of the molecule is Nc1ccc(-n2c(O)c[nH]c2=O)cc1. The third-order valence-corrected chi connectivity index (χ3v) is 1.91. The second kappa shape index (κ2) is 2.95. The molecule has 0 fully saturated rings. The molecule has 5 heteroatoms. The second-order valence-corrected chi connectivity index (χ2v) is 2.88. The van der Waals surface area contributed by atoms with Crippen LogP contribution in [0.1, 0.15) is 0 Å². The number of aromatic hydroxyl groups is 1. The zero-order valence-electron chi connectivity index (χ0n) is 7.27. The molecule has 1 heterocycles. The molecule has 0 saturated carbocycles. The van der Waals surface area contributed by atoms with Gasteiger partial charge in [0.1, 0.15) is 0 Å². The van der Waals surface area contributed by atoms with E-state index in [-0.39, 0.29) is 11.6 Å². The number of aromatic amines is 1. The Kier molecular flexibility index (Phi) is 1.78. The predicted octanol–water partition coefficient (Wildman–Crippen LogP) is 0.453. The van der Waals surface area contributed by atoms with Crippen LogP contribution in [0.2, 0.25) is 0 Å². The van der Waals surface area contributed by atoms with Crippen molar-refractivity contribution < 1.29 is 5.11 Å². The minimum absolute atomic E-state index is 0.125. The van der Waals surface area contributed by atoms with E-state index in [2.05, 4.69) is 4.98 Å². The highest BCUT2D eigenvalue weighted by Gasteiger charge is 2.05. The summed E-state index contributed by atoms with van der Waals surface area (Å²) >= 11 is 0. The number of hydrogen-bond acceptors (Lipinski definition) is 3. The minimum atomic E-state index is -0.382. The van der Waals surface area contributed by atoms with Crippen molar-refractivity contribution in [3.05, 3.63) is 40.9 Å². The normalized spacial score (nSPS) is 10.3. The number of rotatable bonds is 1. The van der Waals surface area contributed by atoms with Gasteiger partial charge in [0.2, 0.25) is 5.88 Å². The van der Waals surface area contributed by atoms with Gasteiger partial charge in [0.05, 0.1) is 11.9 Å². The van der Waals surface area contributed by atoms with Crippen LogP contribution < -0.4 is 11.4 Å². The number of hydrogen-bond donors (Lipinski definition) is 3. The highest BCUT2D eigenvalue weighted by Crippen LogP contribution is 2.14. The maximum Gasteiger partial charge on any atom is 0.333 e. The molecular formula is C9H9N3O2. The highest BCUT2D eigenvalue weighted by molar-refractivity contribution is 5.46. The zero-order chi connectivity index (χ0) is 10.1. The van der Waals surface area contributed by atoms with Crippen molar-refractivity contribution >= 4 is 5.69 Å². The Morgan fingerprint density at radius 1 is 1.29 bits per heavy atom. The number of aromatic nitrogens is 2. The van der Waals surface area contributed by atoms with E-state index in [1.165, 1.54) is 6.20 Å². The van der Waals surface area contributed by atoms with E-state index in [0.29, 0.717) is 11.4 Å². The topological polar surface area (TPSA) is 84.0 Å². The van der Waals surface area contributed by atoms with Crippen molar-refractivity contribution in [2.45, 2.75) is 0 Å². The lowest BCUT2D eigenvalue weighted by atomic mass is 10.3. The molecule has 0 saturated heterocycles. The Morgan fingerprint density at radius 3 is 2.43 bits per heavy atom. The van der Waals surface area contributed by atoms with Gasteiger partial charge in [-0.3, -0.25) is 0 Å². The van der Waals surface area contributed by atoms with Crippen LogP contribution in [-0.4, -0.2) is 14.7 Å². The summed E-state index contributed by atoms with van der Waals surface area (Å²) in [7, 11) is 0. The van der Waals surface area contributed by atoms with Gasteiger partial charge in [0.25, 0.3) is 0 Å². The zero-order valence-corrected chi connectivity index (χ0v) is 7.27. The first kappa shape index (κ1) is 8.43. The molecule has 5 nitrogen and oxygen atoms in total. The molecule has 0 aliphatic rings. The number of anilines is 1. The summed E-state index contributed by atoms with van der Waals surface area (Å²) < 4.78 is 1.15. The Labute approximate surface area is 79.4 Å². The maximum absolute atomic E-state index is 11.2. The molecule has 4 N–H and O–H groups in total. The van der Waals surface area contributed by atoms with Crippen LogP contribution in [0, 0.1) is 0 Å². The average Bonchev–Trinajstić information content (AvgIpc) is 2.49. The number of nitrogens with zero attached hydrogens (tertiary/aromatic N) is 1. The third-order valence-electron chi connectivity index (χ3n) is 1.91. The number of H-pyrrole nitrogens is 1. The molecule has 0 aliphatic carbocycles. The highest BCUT2D eigenvalue weighted by atomic mass is 16.3. The summed E-state index contributed by atoms with van der Waals surface area (Å²) in [5.41, 5.74) is 6.30. The summed E-state index contributed by atoms with van der Waals surface area (Å²) in [5, 5.41) is 9.35. The van der Waals surface area contributed by atoms with Crippen LogP contribution in [0.5, 0.6) is 5.88 Å². The molecule has 0 radical (unpaired) electrons. The predicted molar refractivity (Wildman–Crippen MR) is 52.5 cm³/mol. The Hall–Kier alpha value is -2.17. The lowest BCUT2D eigenvalue weighted by molar-refractivity contribution is 0.441. The summed E-state index contributed by atoms with van der Waals surface area (Å²) in [6, 6.07) is 6.64. The molecule has 2 aromatic rings. The largest absolute Gasteiger partial charge is 0.493 e. The molecule has 0 spiro atoms. The number of nitrogens with two attached hydrogens (primary N) is 1. The molecule has 0 aliphatic heterocycles. The average molecular weight is 191 g/mol. The van der Waals surface area contributed by atoms with Crippen LogP contribution in [0.15, 0.2) is 35.3 Å². The molecule has 0 atom stereocenters. The summed E-state index contributed by atoms with van der Waals surface area (Å²) in [6.45, 7) is 0. The van der Waals surface area contributed by atoms with Gasteiger partial charge in [-0.1, -0.05) is 0 Å². The van der Waals surface area contributed by atoms with E-state index < -0.39 is 0 Å². The van der Waals surface area contributed by atoms with Crippen molar-refractivity contribution in [3.8, 4) is 11.6 Å². The van der Waals surface area contributed by atoms with Gasteiger partial charge in [-0.15, -0.1) is 0 Å². The molecular weight excluding hydrogens is 182 g/mol. The van der Waals surface area contributed by atoms with Crippen molar-refractivity contribution in [1.29, 1.82) is 0 Å². The van der Waals surface area contributed by atoms with Gasteiger partial charge in [0, 0.05) is 5.69 Å². The molecule has 72 valence electrons. The second-order valence-electron chi connectivity index (χ2n) is 2.88.